The van der Waals surface area contributed by atoms with Crippen LogP contribution in [0, 0.1) is 0 Å². The number of hydrogen-bond acceptors (Lipinski definition) is 2. The van der Waals surface area contributed by atoms with Crippen molar-refractivity contribution >= 4 is 11.0 Å². The Kier molecular flexibility index (Phi) is 3.14. The maximum Gasteiger partial charge on any atom is 0.433 e. The van der Waals surface area contributed by atoms with Gasteiger partial charge in [-0.15, -0.1) is 0 Å². The maximum atomic E-state index is 12.2. The summed E-state index contributed by atoms with van der Waals surface area (Å²) in [5, 5.41) is 0. The summed E-state index contributed by atoms with van der Waals surface area (Å²) >= 11 is 0. The molecule has 76 valence electrons. The van der Waals surface area contributed by atoms with Gasteiger partial charge in [0.25, 0.3) is 0 Å². The third-order valence-electron chi connectivity index (χ3n) is 1.90. The van der Waals surface area contributed by atoms with Crippen molar-refractivity contribution < 1.29 is 32.6 Å². The number of fused-ring (bicyclic) bond motifs is 1. The van der Waals surface area contributed by atoms with E-state index < -0.39 is 11.9 Å². The molecule has 0 aliphatic rings. The number of aryl methyl sites for hydroxylation is 1. The number of halogens is 3. The van der Waals surface area contributed by atoms with Crippen molar-refractivity contribution in [2.24, 2.45) is 7.05 Å². The number of rotatable bonds is 0. The van der Waals surface area contributed by atoms with Crippen molar-refractivity contribution in [2.45, 2.75) is 6.18 Å². The second-order valence-corrected chi connectivity index (χ2v) is 2.91. The molecule has 0 atom stereocenters. The number of pyridine rings is 1. The molecule has 2 heterocycles. The summed E-state index contributed by atoms with van der Waals surface area (Å²) in [6, 6.07) is 0.940. The molecule has 2 rings (SSSR count). The zero-order valence-electron chi connectivity index (χ0n) is 7.91. The number of hydrogen-bond donors (Lipinski definition) is 0. The average Bonchev–Trinajstić information content (AvgIpc) is 2.46. The van der Waals surface area contributed by atoms with Gasteiger partial charge in [-0.25, -0.2) is 9.97 Å². The Labute approximate surface area is 96.1 Å². The van der Waals surface area contributed by atoms with E-state index in [0.29, 0.717) is 11.0 Å². The quantitative estimate of drug-likeness (QED) is 0.683. The molecular formula is C8H6F3N3Zn. The first-order valence-electron chi connectivity index (χ1n) is 3.83. The Morgan fingerprint density at radius 2 is 1.93 bits per heavy atom. The number of nitrogens with zero attached hydrogens (tertiary/aromatic N) is 3. The van der Waals surface area contributed by atoms with E-state index in [4.69, 9.17) is 0 Å². The third kappa shape index (κ3) is 2.17. The standard InChI is InChI=1S/C8H6F3N3.Zn/c1-14-4-13-5-2-7(8(9,10)11)12-3-6(5)14;/h2-4H,1H3;. The molecule has 2 aromatic rings. The smallest absolute Gasteiger partial charge is 0.332 e. The summed E-state index contributed by atoms with van der Waals surface area (Å²) in [6.07, 6.45) is -1.79. The van der Waals surface area contributed by atoms with Crippen LogP contribution in [0.5, 0.6) is 0 Å². The van der Waals surface area contributed by atoms with E-state index in [1.54, 1.807) is 11.6 Å². The normalized spacial score (nSPS) is 11.5. The largest absolute Gasteiger partial charge is 0.433 e. The van der Waals surface area contributed by atoms with Gasteiger partial charge in [-0.2, -0.15) is 13.2 Å². The van der Waals surface area contributed by atoms with Gasteiger partial charge >= 0.3 is 6.18 Å². The number of alkyl halides is 3. The van der Waals surface area contributed by atoms with E-state index in [1.807, 2.05) is 0 Å². The minimum Gasteiger partial charge on any atom is -0.332 e. The topological polar surface area (TPSA) is 30.7 Å². The second-order valence-electron chi connectivity index (χ2n) is 2.91. The summed E-state index contributed by atoms with van der Waals surface area (Å²) in [5.41, 5.74) is -0.0310. The summed E-state index contributed by atoms with van der Waals surface area (Å²) in [6.45, 7) is 0. The van der Waals surface area contributed by atoms with E-state index in [9.17, 15) is 13.2 Å². The van der Waals surface area contributed by atoms with Gasteiger partial charge < -0.3 is 4.57 Å². The molecule has 0 aromatic carbocycles. The van der Waals surface area contributed by atoms with Crippen molar-refractivity contribution in [3.05, 3.63) is 24.3 Å². The first kappa shape index (κ1) is 12.1. The SMILES string of the molecule is Cn1cnc2cc(C(F)(F)F)ncc21.[Zn]. The van der Waals surface area contributed by atoms with Crippen LogP contribution in [0.4, 0.5) is 13.2 Å². The fourth-order valence-corrected chi connectivity index (χ4v) is 1.18. The van der Waals surface area contributed by atoms with Crippen LogP contribution in [0.25, 0.3) is 11.0 Å². The first-order valence-corrected chi connectivity index (χ1v) is 3.83. The Morgan fingerprint density at radius 1 is 1.27 bits per heavy atom. The first-order chi connectivity index (χ1) is 6.48. The van der Waals surface area contributed by atoms with Crippen LogP contribution in [-0.2, 0) is 32.7 Å². The Morgan fingerprint density at radius 3 is 2.53 bits per heavy atom. The average molecular weight is 267 g/mol. The minimum absolute atomic E-state index is 0. The second kappa shape index (κ2) is 3.89. The van der Waals surface area contributed by atoms with Crippen LogP contribution < -0.4 is 0 Å². The van der Waals surface area contributed by atoms with Crippen molar-refractivity contribution in [1.82, 2.24) is 14.5 Å². The van der Waals surface area contributed by atoms with Crippen molar-refractivity contribution in [2.75, 3.05) is 0 Å². The molecule has 2 aromatic heterocycles. The van der Waals surface area contributed by atoms with E-state index in [-0.39, 0.29) is 19.5 Å². The van der Waals surface area contributed by atoms with E-state index in [0.717, 1.165) is 6.07 Å². The molecule has 0 saturated heterocycles. The fourth-order valence-electron chi connectivity index (χ4n) is 1.18. The predicted octanol–water partition coefficient (Wildman–Crippen LogP) is 1.98. The molecule has 0 bridgehead atoms. The monoisotopic (exact) mass is 265 g/mol. The van der Waals surface area contributed by atoms with E-state index in [2.05, 4.69) is 9.97 Å². The van der Waals surface area contributed by atoms with Gasteiger partial charge in [0.15, 0.2) is 0 Å². The van der Waals surface area contributed by atoms with E-state index in [1.165, 1.54) is 12.5 Å². The molecular weight excluding hydrogens is 260 g/mol. The fraction of sp³-hybridized carbons (Fsp3) is 0.250. The molecule has 0 fully saturated rings. The Balaban J connectivity index is 0.00000112. The van der Waals surface area contributed by atoms with Crippen molar-refractivity contribution in [1.29, 1.82) is 0 Å². The molecule has 0 aliphatic heterocycles. The minimum atomic E-state index is -4.41. The van der Waals surface area contributed by atoms with Gasteiger partial charge in [-0.3, -0.25) is 0 Å². The molecule has 3 nitrogen and oxygen atoms in total. The van der Waals surface area contributed by atoms with Gasteiger partial charge in [0, 0.05) is 26.5 Å². The van der Waals surface area contributed by atoms with Crippen LogP contribution in [0.1, 0.15) is 5.69 Å². The Hall–Kier alpha value is -0.967. The third-order valence-corrected chi connectivity index (χ3v) is 1.90. The summed E-state index contributed by atoms with van der Waals surface area (Å²) in [4.78, 5) is 7.14. The molecule has 15 heavy (non-hydrogen) atoms. The molecule has 0 N–H and O–H groups in total. The number of aromatic nitrogens is 3. The van der Waals surface area contributed by atoms with Crippen molar-refractivity contribution in [3.8, 4) is 0 Å². The summed E-state index contributed by atoms with van der Waals surface area (Å²) < 4.78 is 38.3. The van der Waals surface area contributed by atoms with E-state index >= 15 is 0 Å². The van der Waals surface area contributed by atoms with Gasteiger partial charge in [-0.05, 0) is 6.07 Å². The van der Waals surface area contributed by atoms with Crippen molar-refractivity contribution in [3.63, 3.8) is 0 Å². The van der Waals surface area contributed by atoms with Gasteiger partial charge in [0.1, 0.15) is 5.69 Å². The van der Waals surface area contributed by atoms with Crippen LogP contribution in [0.15, 0.2) is 18.6 Å². The van der Waals surface area contributed by atoms with Crippen LogP contribution in [0.3, 0.4) is 0 Å². The molecule has 0 radical (unpaired) electrons. The predicted molar refractivity (Wildman–Crippen MR) is 43.5 cm³/mol. The van der Waals surface area contributed by atoms with Gasteiger partial charge in [0.2, 0.25) is 0 Å². The number of imidazole rings is 1. The van der Waals surface area contributed by atoms with Gasteiger partial charge in [-0.1, -0.05) is 0 Å². The summed E-state index contributed by atoms with van der Waals surface area (Å²) in [7, 11) is 1.70. The van der Waals surface area contributed by atoms with Gasteiger partial charge in [0.05, 0.1) is 23.6 Å². The zero-order valence-corrected chi connectivity index (χ0v) is 10.9. The summed E-state index contributed by atoms with van der Waals surface area (Å²) in [5.74, 6) is 0. The molecule has 0 saturated carbocycles. The molecule has 7 heteroatoms. The zero-order chi connectivity index (χ0) is 10.3. The van der Waals surface area contributed by atoms with Crippen LogP contribution in [0.2, 0.25) is 0 Å². The van der Waals surface area contributed by atoms with Crippen LogP contribution >= 0.6 is 0 Å². The maximum absolute atomic E-state index is 12.2. The molecule has 0 aliphatic carbocycles. The molecule has 0 amide bonds. The Bertz CT molecular complexity index is 477. The molecule has 0 spiro atoms. The molecule has 0 unspecified atom stereocenters. The van der Waals surface area contributed by atoms with Crippen LogP contribution in [-0.4, -0.2) is 14.5 Å².